The monoisotopic (exact) mass is 336 g/mol. The average Bonchev–Trinajstić information content (AvgIpc) is 2.75. The lowest BCUT2D eigenvalue weighted by Gasteiger charge is -2.08. The molecule has 0 radical (unpaired) electrons. The third kappa shape index (κ3) is 3.61. The summed E-state index contributed by atoms with van der Waals surface area (Å²) < 4.78 is 27.2. The summed E-state index contributed by atoms with van der Waals surface area (Å²) in [4.78, 5) is 14.7. The van der Waals surface area contributed by atoms with Crippen molar-refractivity contribution in [3.05, 3.63) is 41.0 Å². The van der Waals surface area contributed by atoms with Gasteiger partial charge in [0.1, 0.15) is 17.3 Å². The number of carboxylic acids is 1. The van der Waals surface area contributed by atoms with Gasteiger partial charge >= 0.3 is 5.97 Å². The minimum absolute atomic E-state index is 0.123. The molecule has 7 heteroatoms. The SMILES string of the molecule is CCC1=C(c2ccc(C(C)C)cc2)S(=O)(=O)NC1=NCC(=O)O. The van der Waals surface area contributed by atoms with Crippen molar-refractivity contribution in [1.82, 2.24) is 4.72 Å². The van der Waals surface area contributed by atoms with Crippen LogP contribution in [0.2, 0.25) is 0 Å². The molecule has 0 unspecified atom stereocenters. The van der Waals surface area contributed by atoms with Crippen LogP contribution in [-0.2, 0) is 14.8 Å². The first kappa shape index (κ1) is 17.2. The van der Waals surface area contributed by atoms with Crippen molar-refractivity contribution < 1.29 is 18.3 Å². The number of hydrogen-bond acceptors (Lipinski definition) is 4. The van der Waals surface area contributed by atoms with E-state index in [2.05, 4.69) is 23.6 Å². The summed E-state index contributed by atoms with van der Waals surface area (Å²) in [7, 11) is -3.73. The fourth-order valence-corrected chi connectivity index (χ4v) is 4.02. The number of aliphatic carboxylic acids is 1. The minimum Gasteiger partial charge on any atom is -0.480 e. The molecule has 1 aromatic carbocycles. The largest absolute Gasteiger partial charge is 0.480 e. The average molecular weight is 336 g/mol. The second kappa shape index (κ2) is 6.54. The third-order valence-electron chi connectivity index (χ3n) is 3.63. The molecule has 0 spiro atoms. The van der Waals surface area contributed by atoms with Crippen LogP contribution in [0.4, 0.5) is 0 Å². The summed E-state index contributed by atoms with van der Waals surface area (Å²) in [5, 5.41) is 8.73. The molecule has 23 heavy (non-hydrogen) atoms. The van der Waals surface area contributed by atoms with E-state index in [9.17, 15) is 13.2 Å². The van der Waals surface area contributed by atoms with Gasteiger partial charge < -0.3 is 5.11 Å². The van der Waals surface area contributed by atoms with Gasteiger partial charge in [0.2, 0.25) is 0 Å². The van der Waals surface area contributed by atoms with E-state index in [4.69, 9.17) is 5.11 Å². The smallest absolute Gasteiger partial charge is 0.325 e. The predicted molar refractivity (Wildman–Crippen MR) is 89.7 cm³/mol. The van der Waals surface area contributed by atoms with E-state index >= 15 is 0 Å². The maximum Gasteiger partial charge on any atom is 0.325 e. The summed E-state index contributed by atoms with van der Waals surface area (Å²) in [6.45, 7) is 5.48. The van der Waals surface area contributed by atoms with E-state index in [0.717, 1.165) is 5.56 Å². The Balaban J connectivity index is 2.53. The van der Waals surface area contributed by atoms with Gasteiger partial charge in [-0.25, -0.2) is 8.42 Å². The molecule has 1 aromatic rings. The van der Waals surface area contributed by atoms with Crippen LogP contribution in [0.5, 0.6) is 0 Å². The van der Waals surface area contributed by atoms with Crippen molar-refractivity contribution in [2.45, 2.75) is 33.1 Å². The molecule has 2 rings (SSSR count). The number of aliphatic imine (C=N–C) groups is 1. The molecule has 0 fully saturated rings. The number of carbonyl (C=O) groups is 1. The first-order valence-electron chi connectivity index (χ1n) is 7.39. The molecule has 1 heterocycles. The van der Waals surface area contributed by atoms with Crippen molar-refractivity contribution in [1.29, 1.82) is 0 Å². The summed E-state index contributed by atoms with van der Waals surface area (Å²) >= 11 is 0. The fraction of sp³-hybridized carbons (Fsp3) is 0.375. The van der Waals surface area contributed by atoms with Crippen LogP contribution in [0.15, 0.2) is 34.8 Å². The van der Waals surface area contributed by atoms with Gasteiger partial charge in [0.25, 0.3) is 10.0 Å². The lowest BCUT2D eigenvalue weighted by atomic mass is 10.0. The van der Waals surface area contributed by atoms with Crippen molar-refractivity contribution in [3.63, 3.8) is 0 Å². The normalized spacial score (nSPS) is 18.5. The van der Waals surface area contributed by atoms with E-state index < -0.39 is 22.5 Å². The van der Waals surface area contributed by atoms with Crippen molar-refractivity contribution >= 4 is 26.7 Å². The highest BCUT2D eigenvalue weighted by atomic mass is 32.2. The quantitative estimate of drug-likeness (QED) is 0.862. The second-order valence-corrected chi connectivity index (χ2v) is 7.22. The zero-order chi connectivity index (χ0) is 17.2. The molecule has 1 aliphatic rings. The standard InChI is InChI=1S/C16H20N2O4S/c1-4-13-15(12-7-5-11(6-8-12)10(2)3)23(21,22)18-16(13)17-9-14(19)20/h5-8,10H,4,9H2,1-3H3,(H,17,18)(H,19,20). The molecule has 0 saturated carbocycles. The molecule has 124 valence electrons. The van der Waals surface area contributed by atoms with Gasteiger partial charge in [-0.15, -0.1) is 0 Å². The number of rotatable bonds is 5. The van der Waals surface area contributed by atoms with Gasteiger partial charge in [0.15, 0.2) is 0 Å². The first-order chi connectivity index (χ1) is 10.8. The number of hydrogen-bond donors (Lipinski definition) is 2. The molecular weight excluding hydrogens is 316 g/mol. The van der Waals surface area contributed by atoms with Gasteiger partial charge in [-0.2, -0.15) is 0 Å². The fourth-order valence-electron chi connectivity index (χ4n) is 2.46. The van der Waals surface area contributed by atoms with Gasteiger partial charge in [-0.1, -0.05) is 45.0 Å². The van der Waals surface area contributed by atoms with E-state index in [1.807, 2.05) is 19.1 Å². The Morgan fingerprint density at radius 2 is 1.87 bits per heavy atom. The Morgan fingerprint density at radius 1 is 1.26 bits per heavy atom. The van der Waals surface area contributed by atoms with Gasteiger partial charge in [0, 0.05) is 5.57 Å². The molecule has 0 atom stereocenters. The Morgan fingerprint density at radius 3 is 2.35 bits per heavy atom. The molecule has 0 amide bonds. The topological polar surface area (TPSA) is 95.8 Å². The zero-order valence-corrected chi connectivity index (χ0v) is 14.1. The molecular formula is C16H20N2O4S. The molecule has 0 saturated heterocycles. The van der Waals surface area contributed by atoms with Crippen LogP contribution in [0.25, 0.3) is 4.91 Å². The first-order valence-corrected chi connectivity index (χ1v) is 8.87. The van der Waals surface area contributed by atoms with E-state index in [-0.39, 0.29) is 10.7 Å². The lowest BCUT2D eigenvalue weighted by Crippen LogP contribution is -2.24. The zero-order valence-electron chi connectivity index (χ0n) is 13.3. The molecule has 0 aromatic heterocycles. The van der Waals surface area contributed by atoms with Crippen molar-refractivity contribution in [3.8, 4) is 0 Å². The van der Waals surface area contributed by atoms with Crippen LogP contribution in [0.3, 0.4) is 0 Å². The summed E-state index contributed by atoms with van der Waals surface area (Å²) in [6, 6.07) is 7.36. The Labute approximate surface area is 136 Å². The van der Waals surface area contributed by atoms with Gasteiger partial charge in [-0.3, -0.25) is 14.5 Å². The van der Waals surface area contributed by atoms with Crippen LogP contribution < -0.4 is 4.72 Å². The highest BCUT2D eigenvalue weighted by Gasteiger charge is 2.34. The molecule has 6 nitrogen and oxygen atoms in total. The second-order valence-electron chi connectivity index (χ2n) is 5.60. The van der Waals surface area contributed by atoms with Crippen LogP contribution in [0.1, 0.15) is 44.2 Å². The van der Waals surface area contributed by atoms with Gasteiger partial charge in [-0.05, 0) is 23.5 Å². The number of sulfonamides is 1. The predicted octanol–water partition coefficient (Wildman–Crippen LogP) is 2.35. The Hall–Kier alpha value is -2.15. The lowest BCUT2D eigenvalue weighted by molar-refractivity contribution is -0.135. The molecule has 0 aliphatic carbocycles. The molecule has 1 aliphatic heterocycles. The van der Waals surface area contributed by atoms with Crippen molar-refractivity contribution in [2.75, 3.05) is 6.54 Å². The minimum atomic E-state index is -3.73. The maximum absolute atomic E-state index is 12.4. The Kier molecular flexibility index (Phi) is 4.89. The van der Waals surface area contributed by atoms with E-state index in [0.29, 0.717) is 23.5 Å². The highest BCUT2D eigenvalue weighted by molar-refractivity contribution is 8.00. The van der Waals surface area contributed by atoms with E-state index in [1.165, 1.54) is 0 Å². The number of nitrogens with one attached hydrogen (secondary N) is 1. The number of carboxylic acid groups (broad SMARTS) is 1. The van der Waals surface area contributed by atoms with Crippen LogP contribution in [-0.4, -0.2) is 31.9 Å². The summed E-state index contributed by atoms with van der Waals surface area (Å²) in [5.74, 6) is -0.630. The Bertz CT molecular complexity index is 775. The third-order valence-corrected chi connectivity index (χ3v) is 5.11. The number of benzene rings is 1. The number of amidine groups is 1. The highest BCUT2D eigenvalue weighted by Crippen LogP contribution is 2.32. The van der Waals surface area contributed by atoms with Crippen molar-refractivity contribution in [2.24, 2.45) is 4.99 Å². The summed E-state index contributed by atoms with van der Waals surface area (Å²) in [5.41, 5.74) is 2.22. The number of nitrogens with zero attached hydrogens (tertiary/aromatic N) is 1. The van der Waals surface area contributed by atoms with E-state index in [1.54, 1.807) is 12.1 Å². The maximum atomic E-state index is 12.4. The van der Waals surface area contributed by atoms with Crippen LogP contribution >= 0.6 is 0 Å². The van der Waals surface area contributed by atoms with Gasteiger partial charge in [0.05, 0.1) is 0 Å². The summed E-state index contributed by atoms with van der Waals surface area (Å²) in [6.07, 6.45) is 0.436. The van der Waals surface area contributed by atoms with Crippen LogP contribution in [0, 0.1) is 0 Å². The molecule has 0 bridgehead atoms. The molecule has 2 N–H and O–H groups in total.